The van der Waals surface area contributed by atoms with Crippen molar-refractivity contribution in [3.63, 3.8) is 0 Å². The van der Waals surface area contributed by atoms with Crippen molar-refractivity contribution in [2.45, 2.75) is 13.3 Å². The zero-order valence-corrected chi connectivity index (χ0v) is 10.6. The van der Waals surface area contributed by atoms with Gasteiger partial charge in [0.15, 0.2) is 5.78 Å². The van der Waals surface area contributed by atoms with Gasteiger partial charge >= 0.3 is 0 Å². The van der Waals surface area contributed by atoms with E-state index in [0.717, 1.165) is 0 Å². The molecule has 0 saturated heterocycles. The second kappa shape index (κ2) is 4.68. The zero-order chi connectivity index (χ0) is 14.2. The third kappa shape index (κ3) is 2.14. The van der Waals surface area contributed by atoms with Crippen LogP contribution in [0.25, 0.3) is 10.9 Å². The van der Waals surface area contributed by atoms with E-state index >= 15 is 0 Å². The fourth-order valence-electron chi connectivity index (χ4n) is 2.05. The van der Waals surface area contributed by atoms with Gasteiger partial charge < -0.3 is 9.67 Å². The summed E-state index contributed by atoms with van der Waals surface area (Å²) < 4.78 is 1.29. The highest BCUT2D eigenvalue weighted by Crippen LogP contribution is 2.26. The molecular weight excluding hydrogens is 246 g/mol. The molecule has 2 rings (SSSR count). The standard InChI is InChI=1S/C14H13NO4/c1-8(16)7-11(17)12-13(18)9-5-3-4-6-10(9)15(2)14(12)19/h3-6,18H,7H2,1-2H3. The van der Waals surface area contributed by atoms with Crippen molar-refractivity contribution in [2.24, 2.45) is 7.05 Å². The summed E-state index contributed by atoms with van der Waals surface area (Å²) >= 11 is 0. The van der Waals surface area contributed by atoms with Crippen molar-refractivity contribution < 1.29 is 14.7 Å². The second-order valence-electron chi connectivity index (χ2n) is 4.41. The highest BCUT2D eigenvalue weighted by molar-refractivity contribution is 6.10. The molecule has 0 radical (unpaired) electrons. The number of hydrogen-bond acceptors (Lipinski definition) is 4. The lowest BCUT2D eigenvalue weighted by molar-refractivity contribution is -0.116. The van der Waals surface area contributed by atoms with Crippen molar-refractivity contribution in [1.82, 2.24) is 4.57 Å². The van der Waals surface area contributed by atoms with Crippen LogP contribution in [-0.2, 0) is 11.8 Å². The summed E-state index contributed by atoms with van der Waals surface area (Å²) in [5.74, 6) is -1.36. The van der Waals surface area contributed by atoms with Gasteiger partial charge in [0.05, 0.1) is 11.9 Å². The second-order valence-corrected chi connectivity index (χ2v) is 4.41. The Labute approximate surface area is 109 Å². The minimum atomic E-state index is -0.656. The number of nitrogens with zero attached hydrogens (tertiary/aromatic N) is 1. The molecular formula is C14H13NO4. The number of Topliss-reactive ketones (excluding diaryl/α,β-unsaturated/α-hetero) is 2. The van der Waals surface area contributed by atoms with E-state index in [1.807, 2.05) is 0 Å². The van der Waals surface area contributed by atoms with Crippen molar-refractivity contribution in [3.05, 3.63) is 40.2 Å². The largest absolute Gasteiger partial charge is 0.506 e. The highest BCUT2D eigenvalue weighted by atomic mass is 16.3. The van der Waals surface area contributed by atoms with Crippen LogP contribution >= 0.6 is 0 Å². The van der Waals surface area contributed by atoms with E-state index in [2.05, 4.69) is 0 Å². The van der Waals surface area contributed by atoms with Crippen molar-refractivity contribution >= 4 is 22.5 Å². The maximum atomic E-state index is 12.1. The van der Waals surface area contributed by atoms with Crippen LogP contribution in [-0.4, -0.2) is 21.2 Å². The van der Waals surface area contributed by atoms with Gasteiger partial charge in [0.25, 0.3) is 5.56 Å². The number of ketones is 2. The van der Waals surface area contributed by atoms with Gasteiger partial charge in [-0.2, -0.15) is 0 Å². The third-order valence-corrected chi connectivity index (χ3v) is 2.96. The van der Waals surface area contributed by atoms with Crippen LogP contribution in [0, 0.1) is 0 Å². The number of rotatable bonds is 3. The average molecular weight is 259 g/mol. The number of aryl methyl sites for hydroxylation is 1. The first-order valence-electron chi connectivity index (χ1n) is 5.76. The van der Waals surface area contributed by atoms with E-state index in [1.165, 1.54) is 18.5 Å². The van der Waals surface area contributed by atoms with Gasteiger partial charge in [-0.25, -0.2) is 0 Å². The van der Waals surface area contributed by atoms with E-state index in [0.29, 0.717) is 10.9 Å². The SMILES string of the molecule is CC(=O)CC(=O)c1c(O)c2ccccc2n(C)c1=O. The molecule has 5 nitrogen and oxygen atoms in total. The van der Waals surface area contributed by atoms with Crippen molar-refractivity contribution in [1.29, 1.82) is 0 Å². The highest BCUT2D eigenvalue weighted by Gasteiger charge is 2.21. The summed E-state index contributed by atoms with van der Waals surface area (Å²) in [7, 11) is 1.52. The van der Waals surface area contributed by atoms with Crippen LogP contribution in [0.5, 0.6) is 5.75 Å². The molecule has 0 aliphatic rings. The summed E-state index contributed by atoms with van der Waals surface area (Å²) in [6.45, 7) is 1.26. The van der Waals surface area contributed by atoms with E-state index in [-0.39, 0.29) is 23.5 Å². The molecule has 0 bridgehead atoms. The van der Waals surface area contributed by atoms with Crippen molar-refractivity contribution in [3.8, 4) is 5.75 Å². The van der Waals surface area contributed by atoms with E-state index in [4.69, 9.17) is 0 Å². The molecule has 1 aromatic heterocycles. The van der Waals surface area contributed by atoms with Gasteiger partial charge in [0.1, 0.15) is 17.1 Å². The Kier molecular flexibility index (Phi) is 3.21. The van der Waals surface area contributed by atoms with Gasteiger partial charge in [0, 0.05) is 12.4 Å². The maximum absolute atomic E-state index is 12.1. The van der Waals surface area contributed by atoms with Gasteiger partial charge in [-0.1, -0.05) is 12.1 Å². The number of aromatic nitrogens is 1. The van der Waals surface area contributed by atoms with Gasteiger partial charge in [-0.3, -0.25) is 14.4 Å². The van der Waals surface area contributed by atoms with Crippen molar-refractivity contribution in [2.75, 3.05) is 0 Å². The number of pyridine rings is 1. The molecule has 5 heteroatoms. The van der Waals surface area contributed by atoms with Crippen LogP contribution in [0.15, 0.2) is 29.1 Å². The van der Waals surface area contributed by atoms with Crippen LogP contribution in [0.2, 0.25) is 0 Å². The molecule has 1 heterocycles. The van der Waals surface area contributed by atoms with E-state index in [9.17, 15) is 19.5 Å². The summed E-state index contributed by atoms with van der Waals surface area (Å²) in [5, 5.41) is 10.5. The van der Waals surface area contributed by atoms with E-state index in [1.54, 1.807) is 24.3 Å². The molecule has 0 amide bonds. The van der Waals surface area contributed by atoms with Crippen LogP contribution in [0.3, 0.4) is 0 Å². The Morgan fingerprint density at radius 1 is 1.26 bits per heavy atom. The number of benzene rings is 1. The third-order valence-electron chi connectivity index (χ3n) is 2.96. The van der Waals surface area contributed by atoms with Crippen LogP contribution in [0.1, 0.15) is 23.7 Å². The fourth-order valence-corrected chi connectivity index (χ4v) is 2.05. The summed E-state index contributed by atoms with van der Waals surface area (Å²) in [6.07, 6.45) is -0.388. The summed E-state index contributed by atoms with van der Waals surface area (Å²) in [5.41, 5.74) is -0.386. The minimum absolute atomic E-state index is 0.323. The Balaban J connectivity index is 2.79. The number of aromatic hydroxyl groups is 1. The fraction of sp³-hybridized carbons (Fsp3) is 0.214. The Bertz CT molecular complexity index is 743. The van der Waals surface area contributed by atoms with E-state index < -0.39 is 11.3 Å². The normalized spacial score (nSPS) is 10.6. The first kappa shape index (κ1) is 13.0. The molecule has 0 spiro atoms. The number of para-hydroxylation sites is 1. The lowest BCUT2D eigenvalue weighted by atomic mass is 10.0. The zero-order valence-electron chi connectivity index (χ0n) is 10.6. The Morgan fingerprint density at radius 2 is 1.89 bits per heavy atom. The Hall–Kier alpha value is -2.43. The minimum Gasteiger partial charge on any atom is -0.506 e. The van der Waals surface area contributed by atoms with Gasteiger partial charge in [-0.05, 0) is 19.1 Å². The molecule has 19 heavy (non-hydrogen) atoms. The molecule has 0 fully saturated rings. The number of carbonyl (C=O) groups excluding carboxylic acids is 2. The van der Waals surface area contributed by atoms with Gasteiger partial charge in [0.2, 0.25) is 0 Å². The van der Waals surface area contributed by atoms with Crippen LogP contribution in [0.4, 0.5) is 0 Å². The lowest BCUT2D eigenvalue weighted by Gasteiger charge is -2.10. The molecule has 0 aliphatic heterocycles. The molecule has 0 unspecified atom stereocenters. The van der Waals surface area contributed by atoms with Crippen LogP contribution < -0.4 is 5.56 Å². The molecule has 0 aliphatic carbocycles. The molecule has 2 aromatic rings. The summed E-state index contributed by atoms with van der Waals surface area (Å²) in [6, 6.07) is 6.73. The number of hydrogen-bond donors (Lipinski definition) is 1. The summed E-state index contributed by atoms with van der Waals surface area (Å²) in [4.78, 5) is 35.0. The monoisotopic (exact) mass is 259 g/mol. The molecule has 0 atom stereocenters. The predicted molar refractivity (Wildman–Crippen MR) is 70.5 cm³/mol. The quantitative estimate of drug-likeness (QED) is 0.667. The lowest BCUT2D eigenvalue weighted by Crippen LogP contribution is -2.25. The van der Waals surface area contributed by atoms with Gasteiger partial charge in [-0.15, -0.1) is 0 Å². The number of fused-ring (bicyclic) bond motifs is 1. The number of carbonyl (C=O) groups is 2. The smallest absolute Gasteiger partial charge is 0.265 e. The Morgan fingerprint density at radius 3 is 2.53 bits per heavy atom. The molecule has 98 valence electrons. The first-order chi connectivity index (χ1) is 8.93. The molecule has 0 saturated carbocycles. The topological polar surface area (TPSA) is 76.4 Å². The first-order valence-corrected chi connectivity index (χ1v) is 5.76. The average Bonchev–Trinajstić information content (AvgIpc) is 2.35. The molecule has 1 N–H and O–H groups in total. The predicted octanol–water partition coefficient (Wildman–Crippen LogP) is 1.41. The molecule has 1 aromatic carbocycles. The maximum Gasteiger partial charge on any atom is 0.265 e.